The molecule has 4 rings (SSSR count). The van der Waals surface area contributed by atoms with Gasteiger partial charge >= 0.3 is 5.97 Å². The van der Waals surface area contributed by atoms with E-state index in [1.165, 1.54) is 13.5 Å². The minimum Gasteiger partial charge on any atom is -0.493 e. The van der Waals surface area contributed by atoms with E-state index in [-0.39, 0.29) is 18.7 Å². The van der Waals surface area contributed by atoms with Gasteiger partial charge in [-0.3, -0.25) is 4.79 Å². The molecular weight excluding hydrogens is 334 g/mol. The fraction of sp³-hybridized carbons (Fsp3) is 0.600. The maximum absolute atomic E-state index is 12.6. The Morgan fingerprint density at radius 1 is 1.23 bits per heavy atom. The average Bonchev–Trinajstić information content (AvgIpc) is 2.60. The smallest absolute Gasteiger partial charge is 0.338 e. The molecule has 6 nitrogen and oxygen atoms in total. The predicted molar refractivity (Wildman–Crippen MR) is 96.0 cm³/mol. The van der Waals surface area contributed by atoms with E-state index >= 15 is 0 Å². The molecule has 1 aromatic rings. The third-order valence-corrected chi connectivity index (χ3v) is 6.31. The molecule has 0 aromatic heterocycles. The van der Waals surface area contributed by atoms with Gasteiger partial charge in [0.15, 0.2) is 18.1 Å². The molecule has 0 radical (unpaired) electrons. The normalized spacial score (nSPS) is 28.6. The van der Waals surface area contributed by atoms with Crippen LogP contribution in [-0.4, -0.2) is 31.7 Å². The number of amides is 1. The number of rotatable bonds is 6. The number of fused-ring (bicyclic) bond motifs is 2. The maximum atomic E-state index is 12.6. The highest BCUT2D eigenvalue weighted by Gasteiger charge is 2.57. The summed E-state index contributed by atoms with van der Waals surface area (Å²) in [4.78, 5) is 23.5. The summed E-state index contributed by atoms with van der Waals surface area (Å²) in [6, 6.07) is 4.76. The highest BCUT2D eigenvalue weighted by Crippen LogP contribution is 2.61. The summed E-state index contributed by atoms with van der Waals surface area (Å²) >= 11 is 0. The molecule has 0 heterocycles. The molecule has 4 atom stereocenters. The molecular formula is C20H27NO5. The zero-order valence-corrected chi connectivity index (χ0v) is 15.8. The molecule has 2 bridgehead atoms. The van der Waals surface area contributed by atoms with Gasteiger partial charge in [0.25, 0.3) is 5.91 Å². The predicted octanol–water partition coefficient (Wildman–Crippen LogP) is 2.79. The Balaban J connectivity index is 1.68. The Morgan fingerprint density at radius 3 is 2.54 bits per heavy atom. The van der Waals surface area contributed by atoms with E-state index in [2.05, 4.69) is 20.8 Å². The van der Waals surface area contributed by atoms with Gasteiger partial charge in [-0.15, -0.1) is 0 Å². The number of carbonyl (C=O) groups excluding carboxylic acids is 2. The first-order valence-corrected chi connectivity index (χ1v) is 9.04. The zero-order valence-electron chi connectivity index (χ0n) is 15.8. The summed E-state index contributed by atoms with van der Waals surface area (Å²) < 4.78 is 16.3. The van der Waals surface area contributed by atoms with Crippen LogP contribution in [0.1, 0.15) is 44.0 Å². The van der Waals surface area contributed by atoms with Crippen LogP contribution in [0.15, 0.2) is 18.2 Å². The number of primary amides is 1. The van der Waals surface area contributed by atoms with Gasteiger partial charge in [-0.1, -0.05) is 20.8 Å². The van der Waals surface area contributed by atoms with Crippen LogP contribution in [0.3, 0.4) is 0 Å². The summed E-state index contributed by atoms with van der Waals surface area (Å²) in [7, 11) is 1.47. The molecule has 3 aliphatic carbocycles. The Hall–Kier alpha value is -2.24. The van der Waals surface area contributed by atoms with Crippen LogP contribution in [0.5, 0.6) is 11.5 Å². The number of ether oxygens (including phenoxy) is 3. The molecule has 26 heavy (non-hydrogen) atoms. The van der Waals surface area contributed by atoms with Gasteiger partial charge < -0.3 is 19.9 Å². The maximum Gasteiger partial charge on any atom is 0.338 e. The summed E-state index contributed by atoms with van der Waals surface area (Å²) in [5.41, 5.74) is 5.84. The van der Waals surface area contributed by atoms with Gasteiger partial charge in [0, 0.05) is 0 Å². The molecule has 1 amide bonds. The first-order chi connectivity index (χ1) is 12.2. The summed E-state index contributed by atoms with van der Waals surface area (Å²) in [5, 5.41) is 0. The largest absolute Gasteiger partial charge is 0.493 e. The number of esters is 1. The highest BCUT2D eigenvalue weighted by atomic mass is 16.5. The molecule has 3 saturated carbocycles. The first-order valence-electron chi connectivity index (χ1n) is 9.04. The van der Waals surface area contributed by atoms with Gasteiger partial charge in [-0.05, 0) is 54.2 Å². The van der Waals surface area contributed by atoms with E-state index in [9.17, 15) is 9.59 Å². The third-order valence-electron chi connectivity index (χ3n) is 6.31. The highest BCUT2D eigenvalue weighted by molar-refractivity contribution is 5.90. The Morgan fingerprint density at radius 2 is 1.96 bits per heavy atom. The number of methoxy groups -OCH3 is 1. The van der Waals surface area contributed by atoms with Crippen molar-refractivity contribution in [2.45, 2.75) is 39.7 Å². The quantitative estimate of drug-likeness (QED) is 0.787. The van der Waals surface area contributed by atoms with Crippen molar-refractivity contribution < 1.29 is 23.8 Å². The standard InChI is InChI=1S/C20H27NO5/c1-11-14-8-13(20(14,2)3)9-16(11)26-19(23)12-5-6-15(17(7-12)24-4)25-10-18(21)22/h5-7,11,13-14,16H,8-10H2,1-4H3,(H2,21,22). The van der Waals surface area contributed by atoms with Gasteiger partial charge in [0.2, 0.25) is 0 Å². The summed E-state index contributed by atoms with van der Waals surface area (Å²) in [6.07, 6.45) is 2.12. The van der Waals surface area contributed by atoms with Crippen molar-refractivity contribution >= 4 is 11.9 Å². The lowest BCUT2D eigenvalue weighted by Crippen LogP contribution is -2.57. The van der Waals surface area contributed by atoms with Crippen LogP contribution in [0.2, 0.25) is 0 Å². The van der Waals surface area contributed by atoms with Gasteiger partial charge in [0.05, 0.1) is 12.7 Å². The van der Waals surface area contributed by atoms with Gasteiger partial charge in [0.1, 0.15) is 6.10 Å². The molecule has 0 saturated heterocycles. The van der Waals surface area contributed by atoms with Crippen LogP contribution in [-0.2, 0) is 9.53 Å². The van der Waals surface area contributed by atoms with Gasteiger partial charge in [-0.25, -0.2) is 4.79 Å². The molecule has 3 aliphatic rings. The van der Waals surface area contributed by atoms with Crippen molar-refractivity contribution in [2.24, 2.45) is 28.9 Å². The SMILES string of the molecule is COc1cc(C(=O)OC2CC3CC(C2C)C3(C)C)ccc1OCC(N)=O. The van der Waals surface area contributed by atoms with Crippen molar-refractivity contribution in [2.75, 3.05) is 13.7 Å². The molecule has 0 aliphatic heterocycles. The van der Waals surface area contributed by atoms with Crippen molar-refractivity contribution in [1.82, 2.24) is 0 Å². The molecule has 1 aromatic carbocycles. The Labute approximate surface area is 154 Å². The monoisotopic (exact) mass is 361 g/mol. The van der Waals surface area contributed by atoms with E-state index in [0.29, 0.717) is 40.2 Å². The molecule has 3 fully saturated rings. The zero-order chi connectivity index (χ0) is 19.1. The lowest BCUT2D eigenvalue weighted by atomic mass is 9.45. The van der Waals surface area contributed by atoms with Crippen molar-refractivity contribution in [3.8, 4) is 11.5 Å². The molecule has 2 N–H and O–H groups in total. The summed E-state index contributed by atoms with van der Waals surface area (Å²) in [5.74, 6) is 1.38. The minimum absolute atomic E-state index is 0.0453. The molecule has 142 valence electrons. The number of hydrogen-bond acceptors (Lipinski definition) is 5. The van der Waals surface area contributed by atoms with Gasteiger partial charge in [-0.2, -0.15) is 0 Å². The topological polar surface area (TPSA) is 87.8 Å². The Bertz CT molecular complexity index is 714. The lowest BCUT2D eigenvalue weighted by Gasteiger charge is -2.61. The van der Waals surface area contributed by atoms with Crippen molar-refractivity contribution in [3.05, 3.63) is 23.8 Å². The van der Waals surface area contributed by atoms with Crippen LogP contribution < -0.4 is 15.2 Å². The van der Waals surface area contributed by atoms with Crippen LogP contribution in [0.25, 0.3) is 0 Å². The molecule has 6 heteroatoms. The van der Waals surface area contributed by atoms with E-state index in [1.54, 1.807) is 18.2 Å². The van der Waals surface area contributed by atoms with Crippen LogP contribution in [0, 0.1) is 23.2 Å². The molecule has 0 spiro atoms. The fourth-order valence-electron chi connectivity index (χ4n) is 4.53. The fourth-order valence-corrected chi connectivity index (χ4v) is 4.53. The number of benzene rings is 1. The summed E-state index contributed by atoms with van der Waals surface area (Å²) in [6.45, 7) is 6.56. The van der Waals surface area contributed by atoms with Crippen LogP contribution >= 0.6 is 0 Å². The number of hydrogen-bond donors (Lipinski definition) is 1. The molecule has 4 unspecified atom stereocenters. The Kier molecular flexibility index (Phi) is 4.86. The second-order valence-electron chi connectivity index (χ2n) is 8.02. The second kappa shape index (κ2) is 6.82. The van der Waals surface area contributed by atoms with E-state index in [1.807, 2.05) is 0 Å². The lowest BCUT2D eigenvalue weighted by molar-refractivity contribution is -0.156. The van der Waals surface area contributed by atoms with Crippen molar-refractivity contribution in [3.63, 3.8) is 0 Å². The number of nitrogens with two attached hydrogens (primary N) is 1. The van der Waals surface area contributed by atoms with Crippen LogP contribution in [0.4, 0.5) is 0 Å². The van der Waals surface area contributed by atoms with E-state index in [0.717, 1.165) is 6.42 Å². The minimum atomic E-state index is -0.580. The second-order valence-corrected chi connectivity index (χ2v) is 8.02. The first kappa shape index (κ1) is 18.5. The van der Waals surface area contributed by atoms with E-state index in [4.69, 9.17) is 19.9 Å². The average molecular weight is 361 g/mol. The van der Waals surface area contributed by atoms with Crippen molar-refractivity contribution in [1.29, 1.82) is 0 Å². The van der Waals surface area contributed by atoms with E-state index < -0.39 is 5.91 Å². The third kappa shape index (κ3) is 3.24. The number of carbonyl (C=O) groups is 2.